The van der Waals surface area contributed by atoms with Gasteiger partial charge >= 0.3 is 0 Å². The number of halogens is 2. The van der Waals surface area contributed by atoms with Crippen molar-refractivity contribution in [3.8, 4) is 0 Å². The molecular formula is C6H4Cl2N2O4S. The Morgan fingerprint density at radius 3 is 2.27 bits per heavy atom. The number of rotatable bonds is 2. The molecule has 82 valence electrons. The number of sulfonamides is 1. The molecule has 0 aliphatic carbocycles. The summed E-state index contributed by atoms with van der Waals surface area (Å²) in [5.74, 6) is 0. The molecular weight excluding hydrogens is 267 g/mol. The Morgan fingerprint density at radius 1 is 1.33 bits per heavy atom. The first-order valence-electron chi connectivity index (χ1n) is 3.39. The normalized spacial score (nSPS) is 11.4. The van der Waals surface area contributed by atoms with Crippen molar-refractivity contribution < 1.29 is 13.3 Å². The van der Waals surface area contributed by atoms with E-state index < -0.39 is 25.5 Å². The van der Waals surface area contributed by atoms with Gasteiger partial charge in [0.25, 0.3) is 5.69 Å². The fraction of sp³-hybridized carbons (Fsp3) is 0. The van der Waals surface area contributed by atoms with E-state index in [-0.39, 0.29) is 10.0 Å². The summed E-state index contributed by atoms with van der Waals surface area (Å²) in [5.41, 5.74) is -0.741. The average molecular weight is 271 g/mol. The quantitative estimate of drug-likeness (QED) is 0.650. The van der Waals surface area contributed by atoms with Gasteiger partial charge in [0.05, 0.1) is 9.95 Å². The highest BCUT2D eigenvalue weighted by Crippen LogP contribution is 2.33. The minimum atomic E-state index is -4.26. The summed E-state index contributed by atoms with van der Waals surface area (Å²) in [5, 5.41) is 14.9. The highest BCUT2D eigenvalue weighted by atomic mass is 35.5. The molecule has 6 nitrogen and oxygen atoms in total. The van der Waals surface area contributed by atoms with Gasteiger partial charge in [0.1, 0.15) is 0 Å². The van der Waals surface area contributed by atoms with Gasteiger partial charge in [0.15, 0.2) is 4.90 Å². The van der Waals surface area contributed by atoms with E-state index in [1.54, 1.807) is 0 Å². The van der Waals surface area contributed by atoms with Gasteiger partial charge in [-0.3, -0.25) is 10.1 Å². The number of primary sulfonamides is 1. The average Bonchev–Trinajstić information content (AvgIpc) is 1.99. The standard InChI is InChI=1S/C6H4Cl2N2O4S/c7-3-1-4(8)6(15(9,13)14)5(2-3)10(11)12/h1-2H,(H2,9,13,14). The molecule has 0 radical (unpaired) electrons. The molecule has 0 bridgehead atoms. The lowest BCUT2D eigenvalue weighted by Gasteiger charge is -2.03. The number of nitro benzene ring substituents is 1. The van der Waals surface area contributed by atoms with E-state index >= 15 is 0 Å². The minimum Gasteiger partial charge on any atom is -0.258 e. The number of nitrogens with two attached hydrogens (primary N) is 1. The maximum atomic E-state index is 11.0. The predicted molar refractivity (Wildman–Crippen MR) is 54.5 cm³/mol. The molecule has 0 aliphatic heterocycles. The van der Waals surface area contributed by atoms with Crippen molar-refractivity contribution in [3.63, 3.8) is 0 Å². The Bertz CT molecular complexity index is 528. The molecule has 9 heteroatoms. The van der Waals surface area contributed by atoms with E-state index in [0.29, 0.717) is 0 Å². The van der Waals surface area contributed by atoms with Crippen molar-refractivity contribution in [3.05, 3.63) is 32.3 Å². The summed E-state index contributed by atoms with van der Waals surface area (Å²) < 4.78 is 22.1. The van der Waals surface area contributed by atoms with E-state index in [2.05, 4.69) is 0 Å². The Kier molecular flexibility index (Phi) is 3.19. The lowest BCUT2D eigenvalue weighted by molar-refractivity contribution is -0.387. The van der Waals surface area contributed by atoms with Gasteiger partial charge in [-0.05, 0) is 6.07 Å². The third-order valence-corrected chi connectivity index (χ3v) is 3.10. The van der Waals surface area contributed by atoms with Gasteiger partial charge in [0.2, 0.25) is 10.0 Å². The Hall–Kier alpha value is -0.890. The molecule has 1 aromatic carbocycles. The van der Waals surface area contributed by atoms with E-state index in [1.807, 2.05) is 0 Å². The van der Waals surface area contributed by atoms with Gasteiger partial charge in [-0.1, -0.05) is 23.2 Å². The SMILES string of the molecule is NS(=O)(=O)c1c(Cl)cc(Cl)cc1[N+](=O)[O-]. The molecule has 0 saturated heterocycles. The number of benzene rings is 1. The van der Waals surface area contributed by atoms with Crippen LogP contribution in [0.3, 0.4) is 0 Å². The molecule has 0 saturated carbocycles. The highest BCUT2D eigenvalue weighted by molar-refractivity contribution is 7.89. The Balaban J connectivity index is 3.70. The van der Waals surface area contributed by atoms with Crippen LogP contribution in [0.1, 0.15) is 0 Å². The summed E-state index contributed by atoms with van der Waals surface area (Å²) >= 11 is 11.0. The Morgan fingerprint density at radius 2 is 1.87 bits per heavy atom. The van der Waals surface area contributed by atoms with E-state index in [0.717, 1.165) is 12.1 Å². The van der Waals surface area contributed by atoms with Gasteiger partial charge in [-0.2, -0.15) is 0 Å². The molecule has 0 fully saturated rings. The fourth-order valence-corrected chi connectivity index (χ4v) is 2.53. The van der Waals surface area contributed by atoms with Crippen LogP contribution in [0.4, 0.5) is 5.69 Å². The van der Waals surface area contributed by atoms with E-state index in [1.165, 1.54) is 0 Å². The fourth-order valence-electron chi connectivity index (χ4n) is 0.964. The van der Waals surface area contributed by atoms with E-state index in [4.69, 9.17) is 28.3 Å². The van der Waals surface area contributed by atoms with Gasteiger partial charge in [-0.15, -0.1) is 0 Å². The van der Waals surface area contributed by atoms with Crippen LogP contribution in [-0.4, -0.2) is 13.3 Å². The molecule has 1 aromatic rings. The van der Waals surface area contributed by atoms with Crippen LogP contribution in [0, 0.1) is 10.1 Å². The predicted octanol–water partition coefficient (Wildman–Crippen LogP) is 1.55. The molecule has 1 rings (SSSR count). The smallest absolute Gasteiger partial charge is 0.258 e. The monoisotopic (exact) mass is 270 g/mol. The van der Waals surface area contributed by atoms with Crippen LogP contribution in [-0.2, 0) is 10.0 Å². The number of nitrogens with zero attached hydrogens (tertiary/aromatic N) is 1. The second-order valence-corrected chi connectivity index (χ2v) is 4.88. The number of nitro groups is 1. The maximum absolute atomic E-state index is 11.0. The van der Waals surface area contributed by atoms with Crippen molar-refractivity contribution in [1.82, 2.24) is 0 Å². The second kappa shape index (κ2) is 3.93. The summed E-state index contributed by atoms with van der Waals surface area (Å²) in [6, 6.07) is 1.93. The van der Waals surface area contributed by atoms with Crippen molar-refractivity contribution in [2.45, 2.75) is 4.90 Å². The lowest BCUT2D eigenvalue weighted by Crippen LogP contribution is -2.14. The molecule has 15 heavy (non-hydrogen) atoms. The van der Waals surface area contributed by atoms with Crippen LogP contribution in [0.2, 0.25) is 10.0 Å². The summed E-state index contributed by atoms with van der Waals surface area (Å²) in [4.78, 5) is 8.88. The Labute approximate surface area is 94.8 Å². The van der Waals surface area contributed by atoms with Crippen molar-refractivity contribution in [2.24, 2.45) is 5.14 Å². The maximum Gasteiger partial charge on any atom is 0.292 e. The molecule has 0 aliphatic rings. The van der Waals surface area contributed by atoms with Gasteiger partial charge < -0.3 is 0 Å². The second-order valence-electron chi connectivity index (χ2n) is 2.54. The zero-order valence-electron chi connectivity index (χ0n) is 6.98. The molecule has 0 atom stereocenters. The molecule has 0 unspecified atom stereocenters. The molecule has 0 heterocycles. The topological polar surface area (TPSA) is 103 Å². The highest BCUT2D eigenvalue weighted by Gasteiger charge is 2.26. The van der Waals surface area contributed by atoms with Crippen molar-refractivity contribution in [1.29, 1.82) is 0 Å². The zero-order valence-corrected chi connectivity index (χ0v) is 9.30. The first kappa shape index (κ1) is 12.2. The molecule has 0 amide bonds. The van der Waals surface area contributed by atoms with E-state index in [9.17, 15) is 18.5 Å². The van der Waals surface area contributed by atoms with Crippen LogP contribution in [0.5, 0.6) is 0 Å². The number of hydrogen-bond acceptors (Lipinski definition) is 4. The van der Waals surface area contributed by atoms with Crippen LogP contribution >= 0.6 is 23.2 Å². The largest absolute Gasteiger partial charge is 0.292 e. The number of hydrogen-bond donors (Lipinski definition) is 1. The van der Waals surface area contributed by atoms with Gasteiger partial charge in [0, 0.05) is 11.1 Å². The van der Waals surface area contributed by atoms with Crippen LogP contribution in [0.15, 0.2) is 17.0 Å². The van der Waals surface area contributed by atoms with Gasteiger partial charge in [-0.25, -0.2) is 13.6 Å². The third kappa shape index (κ3) is 2.57. The minimum absolute atomic E-state index is 0.0425. The first-order valence-corrected chi connectivity index (χ1v) is 5.70. The summed E-state index contributed by atoms with van der Waals surface area (Å²) in [6.45, 7) is 0. The summed E-state index contributed by atoms with van der Waals surface area (Å²) in [6.07, 6.45) is 0. The van der Waals surface area contributed by atoms with Crippen molar-refractivity contribution in [2.75, 3.05) is 0 Å². The van der Waals surface area contributed by atoms with Crippen LogP contribution in [0.25, 0.3) is 0 Å². The third-order valence-electron chi connectivity index (χ3n) is 1.47. The zero-order chi connectivity index (χ0) is 11.8. The van der Waals surface area contributed by atoms with Crippen LogP contribution < -0.4 is 5.14 Å². The first-order chi connectivity index (χ1) is 6.73. The van der Waals surface area contributed by atoms with Crippen molar-refractivity contribution >= 4 is 38.9 Å². The molecule has 0 spiro atoms. The lowest BCUT2D eigenvalue weighted by atomic mass is 10.3. The summed E-state index contributed by atoms with van der Waals surface area (Å²) in [7, 11) is -4.26. The molecule has 0 aromatic heterocycles. The molecule has 2 N–H and O–H groups in total.